The molecule has 0 aliphatic heterocycles. The van der Waals surface area contributed by atoms with Crippen molar-refractivity contribution in [1.29, 1.82) is 0 Å². The molecule has 0 saturated heterocycles. The lowest BCUT2D eigenvalue weighted by Crippen LogP contribution is -2.20. The van der Waals surface area contributed by atoms with E-state index < -0.39 is 16.6 Å². The first-order valence-corrected chi connectivity index (χ1v) is 6.40. The summed E-state index contributed by atoms with van der Waals surface area (Å²) < 4.78 is 5.35. The summed E-state index contributed by atoms with van der Waals surface area (Å²) in [5, 5.41) is 22.8. The zero-order valence-corrected chi connectivity index (χ0v) is 12.0. The number of hydrogen-bond acceptors (Lipinski definition) is 6. The quantitative estimate of drug-likeness (QED) is 0.402. The number of para-hydroxylation sites is 1. The highest BCUT2D eigenvalue weighted by molar-refractivity contribution is 5.95. The van der Waals surface area contributed by atoms with Gasteiger partial charge in [-0.1, -0.05) is 6.07 Å². The zero-order valence-electron chi connectivity index (χ0n) is 12.0. The Hall–Kier alpha value is -2.19. The van der Waals surface area contributed by atoms with Crippen LogP contribution in [0.4, 0.5) is 11.4 Å². The van der Waals surface area contributed by atoms with Crippen LogP contribution >= 0.6 is 0 Å². The van der Waals surface area contributed by atoms with Crippen molar-refractivity contribution in [2.24, 2.45) is 0 Å². The number of benzene rings is 1. The van der Waals surface area contributed by atoms with Gasteiger partial charge in [0.15, 0.2) is 0 Å². The number of ether oxygens (including phenoxy) is 1. The molecule has 0 radical (unpaired) electrons. The molecule has 0 heterocycles. The number of likely N-dealkylation sites (N-methyl/N-ethyl adjacent to an activating group) is 1. The molecule has 0 unspecified atom stereocenters. The minimum Gasteiger partial charge on any atom is -0.477 e. The van der Waals surface area contributed by atoms with Crippen LogP contribution in [0, 0.1) is 10.1 Å². The van der Waals surface area contributed by atoms with E-state index in [1.807, 2.05) is 19.0 Å². The number of nitro benzene ring substituents is 1. The van der Waals surface area contributed by atoms with Crippen LogP contribution in [0.2, 0.25) is 0 Å². The van der Waals surface area contributed by atoms with Crippen LogP contribution in [0.15, 0.2) is 18.2 Å². The van der Waals surface area contributed by atoms with Gasteiger partial charge in [-0.05, 0) is 26.2 Å². The van der Waals surface area contributed by atoms with E-state index in [-0.39, 0.29) is 11.3 Å². The van der Waals surface area contributed by atoms with Crippen LogP contribution in [0.1, 0.15) is 10.4 Å². The molecule has 8 nitrogen and oxygen atoms in total. The average molecular weight is 297 g/mol. The van der Waals surface area contributed by atoms with Gasteiger partial charge in [-0.15, -0.1) is 0 Å². The molecule has 0 bridgehead atoms. The van der Waals surface area contributed by atoms with Gasteiger partial charge in [-0.2, -0.15) is 0 Å². The Kier molecular flexibility index (Phi) is 6.57. The molecule has 0 aromatic heterocycles. The summed E-state index contributed by atoms with van der Waals surface area (Å²) in [6.07, 6.45) is 0. The van der Waals surface area contributed by atoms with Crippen molar-refractivity contribution in [3.63, 3.8) is 0 Å². The van der Waals surface area contributed by atoms with Gasteiger partial charge < -0.3 is 20.1 Å². The summed E-state index contributed by atoms with van der Waals surface area (Å²) in [6.45, 7) is 2.08. The minimum absolute atomic E-state index is 0.177. The minimum atomic E-state index is -1.33. The summed E-state index contributed by atoms with van der Waals surface area (Å²) in [4.78, 5) is 23.3. The molecule has 2 N–H and O–H groups in total. The number of rotatable bonds is 9. The van der Waals surface area contributed by atoms with Gasteiger partial charge in [-0.3, -0.25) is 10.1 Å². The molecule has 116 valence electrons. The number of nitrogens with one attached hydrogen (secondary N) is 1. The predicted octanol–water partition coefficient (Wildman–Crippen LogP) is 1.28. The van der Waals surface area contributed by atoms with E-state index >= 15 is 0 Å². The van der Waals surface area contributed by atoms with Gasteiger partial charge in [0.1, 0.15) is 11.3 Å². The number of hydrogen-bond donors (Lipinski definition) is 2. The molecule has 21 heavy (non-hydrogen) atoms. The van der Waals surface area contributed by atoms with Crippen molar-refractivity contribution in [3.05, 3.63) is 33.9 Å². The number of carboxylic acid groups (broad SMARTS) is 1. The predicted molar refractivity (Wildman–Crippen MR) is 77.9 cm³/mol. The largest absolute Gasteiger partial charge is 0.477 e. The Balaban J connectivity index is 2.61. The molecule has 0 fully saturated rings. The fraction of sp³-hybridized carbons (Fsp3) is 0.462. The van der Waals surface area contributed by atoms with E-state index in [1.165, 1.54) is 18.2 Å². The second-order valence-electron chi connectivity index (χ2n) is 4.61. The first kappa shape index (κ1) is 16.9. The Morgan fingerprint density at radius 3 is 2.71 bits per heavy atom. The number of aromatic carboxylic acids is 1. The van der Waals surface area contributed by atoms with Crippen LogP contribution in [0.3, 0.4) is 0 Å². The second kappa shape index (κ2) is 8.18. The van der Waals surface area contributed by atoms with Crippen molar-refractivity contribution in [3.8, 4) is 0 Å². The molecule has 0 spiro atoms. The van der Waals surface area contributed by atoms with Crippen LogP contribution in [0.5, 0.6) is 0 Å². The van der Waals surface area contributed by atoms with E-state index in [4.69, 9.17) is 9.84 Å². The Bertz CT molecular complexity index is 505. The number of nitrogens with zero attached hydrogens (tertiary/aromatic N) is 2. The molecule has 8 heteroatoms. The van der Waals surface area contributed by atoms with Crippen molar-refractivity contribution < 1.29 is 19.6 Å². The lowest BCUT2D eigenvalue weighted by Gasteiger charge is -2.11. The van der Waals surface area contributed by atoms with Crippen LogP contribution in [-0.4, -0.2) is 61.3 Å². The van der Waals surface area contributed by atoms with Gasteiger partial charge in [0.2, 0.25) is 0 Å². The molecule has 1 rings (SSSR count). The monoisotopic (exact) mass is 297 g/mol. The number of carbonyl (C=O) groups is 1. The van der Waals surface area contributed by atoms with E-state index in [0.29, 0.717) is 19.8 Å². The number of nitro groups is 1. The molecular weight excluding hydrogens is 278 g/mol. The first-order chi connectivity index (χ1) is 9.93. The molecule has 0 atom stereocenters. The lowest BCUT2D eigenvalue weighted by molar-refractivity contribution is -0.384. The molecule has 1 aromatic carbocycles. The fourth-order valence-corrected chi connectivity index (χ4v) is 1.66. The van der Waals surface area contributed by atoms with Crippen molar-refractivity contribution in [1.82, 2.24) is 4.90 Å². The third-order valence-electron chi connectivity index (χ3n) is 2.69. The third kappa shape index (κ3) is 5.36. The fourth-order valence-electron chi connectivity index (χ4n) is 1.66. The molecule has 0 saturated carbocycles. The third-order valence-corrected chi connectivity index (χ3v) is 2.69. The first-order valence-electron chi connectivity index (χ1n) is 6.40. The highest BCUT2D eigenvalue weighted by atomic mass is 16.6. The van der Waals surface area contributed by atoms with Crippen molar-refractivity contribution in [2.45, 2.75) is 0 Å². The molecule has 0 aliphatic carbocycles. The maximum Gasteiger partial charge on any atom is 0.342 e. The second-order valence-corrected chi connectivity index (χ2v) is 4.61. The summed E-state index contributed by atoms with van der Waals surface area (Å²) in [7, 11) is 3.87. The van der Waals surface area contributed by atoms with Gasteiger partial charge in [0, 0.05) is 13.1 Å². The smallest absolute Gasteiger partial charge is 0.342 e. The highest BCUT2D eigenvalue weighted by Gasteiger charge is 2.23. The van der Waals surface area contributed by atoms with Gasteiger partial charge in [-0.25, -0.2) is 4.79 Å². The maximum absolute atomic E-state index is 11.0. The van der Waals surface area contributed by atoms with Crippen molar-refractivity contribution in [2.75, 3.05) is 45.7 Å². The summed E-state index contributed by atoms with van der Waals surface area (Å²) in [5.41, 5.74) is -0.590. The summed E-state index contributed by atoms with van der Waals surface area (Å²) in [6, 6.07) is 4.15. The van der Waals surface area contributed by atoms with E-state index in [1.54, 1.807) is 0 Å². The van der Waals surface area contributed by atoms with Gasteiger partial charge in [0.25, 0.3) is 0 Å². The topological polar surface area (TPSA) is 105 Å². The highest BCUT2D eigenvalue weighted by Crippen LogP contribution is 2.28. The Morgan fingerprint density at radius 2 is 2.14 bits per heavy atom. The molecule has 0 amide bonds. The standard InChI is InChI=1S/C13H19N3O5/c1-15(2)7-9-21-8-6-14-11-5-3-4-10(13(17)18)12(11)16(19)20/h3-5,14H,6-9H2,1-2H3,(H,17,18). The van der Waals surface area contributed by atoms with Crippen LogP contribution in [0.25, 0.3) is 0 Å². The lowest BCUT2D eigenvalue weighted by atomic mass is 10.1. The summed E-state index contributed by atoms with van der Waals surface area (Å²) >= 11 is 0. The van der Waals surface area contributed by atoms with Gasteiger partial charge in [0.05, 0.1) is 18.1 Å². The number of anilines is 1. The van der Waals surface area contributed by atoms with Gasteiger partial charge >= 0.3 is 11.7 Å². The average Bonchev–Trinajstić information content (AvgIpc) is 2.41. The summed E-state index contributed by atoms with van der Waals surface area (Å²) in [5.74, 6) is -1.33. The normalized spacial score (nSPS) is 10.6. The Morgan fingerprint density at radius 1 is 1.43 bits per heavy atom. The molecule has 1 aromatic rings. The molecule has 0 aliphatic rings. The van der Waals surface area contributed by atoms with Crippen LogP contribution in [-0.2, 0) is 4.74 Å². The van der Waals surface area contributed by atoms with Crippen molar-refractivity contribution >= 4 is 17.3 Å². The van der Waals surface area contributed by atoms with Crippen LogP contribution < -0.4 is 5.32 Å². The number of carboxylic acids is 1. The van der Waals surface area contributed by atoms with E-state index in [9.17, 15) is 14.9 Å². The van der Waals surface area contributed by atoms with E-state index in [2.05, 4.69) is 5.32 Å². The van der Waals surface area contributed by atoms with E-state index in [0.717, 1.165) is 6.54 Å². The molecular formula is C13H19N3O5. The Labute approximate surface area is 122 Å². The maximum atomic E-state index is 11.0. The SMILES string of the molecule is CN(C)CCOCCNc1cccc(C(=O)O)c1[N+](=O)[O-]. The zero-order chi connectivity index (χ0) is 15.8.